The van der Waals surface area contributed by atoms with Crippen LogP contribution in [0.4, 0.5) is 0 Å². The van der Waals surface area contributed by atoms with E-state index in [-0.39, 0.29) is 0 Å². The van der Waals surface area contributed by atoms with Gasteiger partial charge < -0.3 is 9.26 Å². The predicted molar refractivity (Wildman–Crippen MR) is 105 cm³/mol. The summed E-state index contributed by atoms with van der Waals surface area (Å²) in [4.78, 5) is 4.94. The number of methoxy groups -OCH3 is 1. The molecule has 0 bridgehead atoms. The van der Waals surface area contributed by atoms with E-state index in [0.29, 0.717) is 0 Å². The first-order valence-corrected chi connectivity index (χ1v) is 9.39. The first-order valence-electron chi connectivity index (χ1n) is 9.39. The van der Waals surface area contributed by atoms with Crippen molar-refractivity contribution in [3.63, 3.8) is 0 Å². The zero-order chi connectivity index (χ0) is 18.5. The molecule has 1 saturated heterocycles. The number of nitrogens with zero attached hydrogens (tertiary/aromatic N) is 3. The van der Waals surface area contributed by atoms with Gasteiger partial charge in [-0.15, -0.1) is 0 Å². The number of aromatic nitrogens is 1. The topological polar surface area (TPSA) is 41.7 Å². The molecule has 5 heteroatoms. The SMILES string of the molecule is COc1cccc(-c2cc(CN3CCN(Cc4ccccc4)CC3)on2)c1. The summed E-state index contributed by atoms with van der Waals surface area (Å²) < 4.78 is 10.9. The van der Waals surface area contributed by atoms with E-state index in [1.54, 1.807) is 7.11 Å². The van der Waals surface area contributed by atoms with E-state index < -0.39 is 0 Å². The summed E-state index contributed by atoms with van der Waals surface area (Å²) in [6.07, 6.45) is 0. The maximum Gasteiger partial charge on any atom is 0.151 e. The van der Waals surface area contributed by atoms with Crippen LogP contribution in [0.3, 0.4) is 0 Å². The van der Waals surface area contributed by atoms with E-state index in [1.165, 1.54) is 5.56 Å². The van der Waals surface area contributed by atoms with Gasteiger partial charge in [-0.3, -0.25) is 9.80 Å². The normalized spacial score (nSPS) is 15.7. The third-order valence-electron chi connectivity index (χ3n) is 5.02. The van der Waals surface area contributed by atoms with Crippen LogP contribution in [0.1, 0.15) is 11.3 Å². The van der Waals surface area contributed by atoms with Gasteiger partial charge in [0.05, 0.1) is 13.7 Å². The Morgan fingerprint density at radius 1 is 0.889 bits per heavy atom. The molecule has 1 fully saturated rings. The summed E-state index contributed by atoms with van der Waals surface area (Å²) in [7, 11) is 1.67. The fraction of sp³-hybridized carbons (Fsp3) is 0.318. The second-order valence-corrected chi connectivity index (χ2v) is 6.95. The van der Waals surface area contributed by atoms with Gasteiger partial charge in [0, 0.05) is 44.4 Å². The second-order valence-electron chi connectivity index (χ2n) is 6.95. The van der Waals surface area contributed by atoms with Gasteiger partial charge in [-0.25, -0.2) is 0 Å². The molecule has 0 unspecified atom stereocenters. The Balaban J connectivity index is 1.31. The maximum absolute atomic E-state index is 5.57. The molecule has 0 radical (unpaired) electrons. The van der Waals surface area contributed by atoms with Gasteiger partial charge in [0.15, 0.2) is 5.76 Å². The molecule has 4 rings (SSSR count). The van der Waals surface area contributed by atoms with Crippen molar-refractivity contribution in [3.05, 3.63) is 72.0 Å². The van der Waals surface area contributed by atoms with Crippen LogP contribution in [-0.2, 0) is 13.1 Å². The molecule has 0 N–H and O–H groups in total. The number of ether oxygens (including phenoxy) is 1. The highest BCUT2D eigenvalue weighted by atomic mass is 16.5. The van der Waals surface area contributed by atoms with Crippen molar-refractivity contribution < 1.29 is 9.26 Å². The van der Waals surface area contributed by atoms with Crippen LogP contribution in [0.2, 0.25) is 0 Å². The molecular formula is C22H25N3O2. The van der Waals surface area contributed by atoms with Crippen molar-refractivity contribution in [1.29, 1.82) is 0 Å². The van der Waals surface area contributed by atoms with Crippen LogP contribution in [-0.4, -0.2) is 48.2 Å². The van der Waals surface area contributed by atoms with Gasteiger partial charge in [-0.1, -0.05) is 47.6 Å². The zero-order valence-electron chi connectivity index (χ0n) is 15.7. The van der Waals surface area contributed by atoms with Gasteiger partial charge >= 0.3 is 0 Å². The number of rotatable bonds is 6. The Morgan fingerprint density at radius 2 is 1.63 bits per heavy atom. The van der Waals surface area contributed by atoms with Crippen molar-refractivity contribution in [2.45, 2.75) is 13.1 Å². The molecule has 5 nitrogen and oxygen atoms in total. The summed E-state index contributed by atoms with van der Waals surface area (Å²) in [6.45, 7) is 6.06. The molecule has 3 aromatic rings. The van der Waals surface area contributed by atoms with Crippen molar-refractivity contribution in [2.75, 3.05) is 33.3 Å². The van der Waals surface area contributed by atoms with Gasteiger partial charge in [-0.05, 0) is 17.7 Å². The Labute approximate surface area is 160 Å². The molecule has 1 aromatic heterocycles. The van der Waals surface area contributed by atoms with E-state index in [2.05, 4.69) is 45.3 Å². The third kappa shape index (κ3) is 4.56. The zero-order valence-corrected chi connectivity index (χ0v) is 15.7. The van der Waals surface area contributed by atoms with Crippen LogP contribution in [0.25, 0.3) is 11.3 Å². The number of benzene rings is 2. The predicted octanol–water partition coefficient (Wildman–Crippen LogP) is 3.67. The standard InChI is InChI=1S/C22H25N3O2/c1-26-20-9-5-8-19(14-20)22-15-21(27-23-22)17-25-12-10-24(11-13-25)16-18-6-3-2-4-7-18/h2-9,14-15H,10-13,16-17H2,1H3. The van der Waals surface area contributed by atoms with E-state index in [1.807, 2.05) is 30.3 Å². The molecule has 27 heavy (non-hydrogen) atoms. The minimum absolute atomic E-state index is 0.802. The molecule has 1 aliphatic rings. The molecule has 0 spiro atoms. The van der Waals surface area contributed by atoms with Crippen LogP contribution >= 0.6 is 0 Å². The van der Waals surface area contributed by atoms with E-state index in [4.69, 9.17) is 9.26 Å². The van der Waals surface area contributed by atoms with Crippen LogP contribution in [0.15, 0.2) is 65.2 Å². The molecule has 0 saturated carbocycles. The lowest BCUT2D eigenvalue weighted by atomic mass is 10.1. The van der Waals surface area contributed by atoms with Gasteiger partial charge in [0.2, 0.25) is 0 Å². The Morgan fingerprint density at radius 3 is 2.37 bits per heavy atom. The fourth-order valence-corrected chi connectivity index (χ4v) is 3.47. The molecule has 0 atom stereocenters. The van der Waals surface area contributed by atoms with Crippen molar-refractivity contribution >= 4 is 0 Å². The van der Waals surface area contributed by atoms with Crippen molar-refractivity contribution in [2.24, 2.45) is 0 Å². The highest BCUT2D eigenvalue weighted by Crippen LogP contribution is 2.24. The Hall–Kier alpha value is -2.63. The first-order chi connectivity index (χ1) is 13.3. The summed E-state index contributed by atoms with van der Waals surface area (Å²) in [5, 5.41) is 4.23. The summed E-state index contributed by atoms with van der Waals surface area (Å²) in [5.74, 6) is 1.73. The molecule has 0 amide bonds. The lowest BCUT2D eigenvalue weighted by molar-refractivity contribution is 0.114. The van der Waals surface area contributed by atoms with Gasteiger partial charge in [-0.2, -0.15) is 0 Å². The number of hydrogen-bond donors (Lipinski definition) is 0. The first kappa shape index (κ1) is 17.8. The smallest absolute Gasteiger partial charge is 0.151 e. The molecule has 2 aromatic carbocycles. The quantitative estimate of drug-likeness (QED) is 0.668. The van der Waals surface area contributed by atoms with E-state index in [0.717, 1.165) is 62.0 Å². The highest BCUT2D eigenvalue weighted by Gasteiger charge is 2.19. The summed E-state index contributed by atoms with van der Waals surface area (Å²) in [6, 6.07) is 20.6. The minimum atomic E-state index is 0.802. The molecule has 2 heterocycles. The Bertz CT molecular complexity index is 855. The average molecular weight is 363 g/mol. The fourth-order valence-electron chi connectivity index (χ4n) is 3.47. The van der Waals surface area contributed by atoms with Crippen LogP contribution < -0.4 is 4.74 Å². The van der Waals surface area contributed by atoms with Crippen LogP contribution in [0.5, 0.6) is 5.75 Å². The highest BCUT2D eigenvalue weighted by molar-refractivity contribution is 5.60. The molecule has 0 aliphatic carbocycles. The summed E-state index contributed by atoms with van der Waals surface area (Å²) in [5.41, 5.74) is 3.24. The third-order valence-corrected chi connectivity index (χ3v) is 5.02. The number of piperazine rings is 1. The number of hydrogen-bond acceptors (Lipinski definition) is 5. The maximum atomic E-state index is 5.57. The van der Waals surface area contributed by atoms with Gasteiger partial charge in [0.25, 0.3) is 0 Å². The van der Waals surface area contributed by atoms with Crippen molar-refractivity contribution in [1.82, 2.24) is 15.0 Å². The van der Waals surface area contributed by atoms with E-state index in [9.17, 15) is 0 Å². The Kier molecular flexibility index (Phi) is 5.51. The molecular weight excluding hydrogens is 338 g/mol. The lowest BCUT2D eigenvalue weighted by Crippen LogP contribution is -2.45. The van der Waals surface area contributed by atoms with E-state index >= 15 is 0 Å². The average Bonchev–Trinajstić information content (AvgIpc) is 3.19. The second kappa shape index (κ2) is 8.37. The molecule has 1 aliphatic heterocycles. The van der Waals surface area contributed by atoms with Crippen LogP contribution in [0, 0.1) is 0 Å². The summed E-state index contributed by atoms with van der Waals surface area (Å²) >= 11 is 0. The lowest BCUT2D eigenvalue weighted by Gasteiger charge is -2.34. The molecule has 140 valence electrons. The minimum Gasteiger partial charge on any atom is -0.497 e. The van der Waals surface area contributed by atoms with Gasteiger partial charge in [0.1, 0.15) is 11.4 Å². The van der Waals surface area contributed by atoms with Crippen molar-refractivity contribution in [3.8, 4) is 17.0 Å². The monoisotopic (exact) mass is 363 g/mol. The largest absolute Gasteiger partial charge is 0.497 e.